The number of aromatic nitrogens is 3. The highest BCUT2D eigenvalue weighted by Crippen LogP contribution is 2.36. The van der Waals surface area contributed by atoms with Gasteiger partial charge in [-0.15, -0.1) is 5.10 Å². The third-order valence-electron chi connectivity index (χ3n) is 21.1. The lowest BCUT2D eigenvalue weighted by Gasteiger charge is -2.41. The molecule has 0 radical (unpaired) electrons. The van der Waals surface area contributed by atoms with E-state index in [1.165, 1.54) is 50.5 Å². The van der Waals surface area contributed by atoms with Crippen molar-refractivity contribution in [2.24, 2.45) is 23.7 Å². The highest BCUT2D eigenvalue weighted by Gasteiger charge is 2.47. The molecule has 37 nitrogen and oxygen atoms in total. The van der Waals surface area contributed by atoms with Crippen LogP contribution in [-0.4, -0.2) is 327 Å². The first-order valence-corrected chi connectivity index (χ1v) is 40.8. The number of hydrogen-bond acceptors (Lipinski definition) is 28. The lowest BCUT2D eigenvalue weighted by Crippen LogP contribution is -2.60. The van der Waals surface area contributed by atoms with Crippen molar-refractivity contribution < 1.29 is 130 Å². The number of aryl methyl sites for hydroxylation is 1. The van der Waals surface area contributed by atoms with Crippen LogP contribution < -0.4 is 20.7 Å². The number of ether oxygens (including phenoxy) is 12. The average Bonchev–Trinajstić information content (AvgIpc) is 1.66. The van der Waals surface area contributed by atoms with Crippen LogP contribution in [0.2, 0.25) is 0 Å². The highest BCUT2D eigenvalue weighted by atomic mass is 16.7. The number of carboxylic acid groups (broad SMARTS) is 1. The Balaban J connectivity index is 0.843. The van der Waals surface area contributed by atoms with Crippen molar-refractivity contribution in [1.29, 1.82) is 0 Å². The van der Waals surface area contributed by atoms with E-state index in [0.29, 0.717) is 127 Å². The number of hydrogen-bond donors (Lipinski definition) is 8. The van der Waals surface area contributed by atoms with Crippen LogP contribution >= 0.6 is 0 Å². The summed E-state index contributed by atoms with van der Waals surface area (Å²) in [5.41, 5.74) is 1.90. The molecule has 2 unspecified atom stereocenters. The number of carbonyl (C=O) groups is 9. The van der Waals surface area contributed by atoms with Gasteiger partial charge in [-0.3, -0.25) is 43.4 Å². The predicted octanol–water partition coefficient (Wildman–Crippen LogP) is 2.35. The van der Waals surface area contributed by atoms with Crippen molar-refractivity contribution in [3.63, 3.8) is 0 Å². The van der Waals surface area contributed by atoms with Gasteiger partial charge >= 0.3 is 12.1 Å². The van der Waals surface area contributed by atoms with Gasteiger partial charge in [0.2, 0.25) is 35.8 Å². The van der Waals surface area contributed by atoms with Gasteiger partial charge in [-0.05, 0) is 60.8 Å². The lowest BCUT2D eigenvalue weighted by molar-refractivity contribution is -0.277. The molecule has 0 saturated carbocycles. The normalized spacial score (nSPS) is 19.5. The number of nitrogens with one attached hydrogen (secondary N) is 3. The first-order chi connectivity index (χ1) is 57.1. The molecule has 664 valence electrons. The van der Waals surface area contributed by atoms with Crippen LogP contribution in [-0.2, 0) is 123 Å². The standard InChI is InChI=1S/C82H124N10O27/c1-12-53(6)71(63(107-10)46-68(97)91-28-17-21-61(91)75(108-11)54(7)77(101)84-60(80(104)105)44-55-18-14-13-15-19-55)88(8)79(103)69(51(2)3)85-78(102)70(52(4)5)89(9)82(106)116-49-56-23-24-62(118-81-74(100)73(99)72(98)64(48-93)119-81)59-45-58(117-76(56)59)20-16-22-65(94)83-27-31-109-34-37-112-38-35-110-32-29-90-47-57(86-87-90)50-115-43-42-114-41-40-113-39-36-111-33-30-92-66(95)25-26-67(92)96/h13-15,18-19,23-26,45,47,51-54,60-61,63-64,69-75,81,93,98-100H,12,16-17,20-22,27-44,46,48-50H2,1-11H3,(H,83,94)(H,84,101)(H,85,102)(H,104,105)/t53?,54-,60?,61+,63-,64-,69+,70+,71+,72+,73+,74-,75-,81-/m1/s1. The number of aliphatic hydroxyl groups is 4. The molecular formula is C82H124N10O27. The van der Waals surface area contributed by atoms with Crippen molar-refractivity contribution in [3.05, 3.63) is 89.5 Å². The van der Waals surface area contributed by atoms with Gasteiger partial charge in [0.05, 0.1) is 160 Å². The Labute approximate surface area is 694 Å². The molecule has 2 aromatic carbocycles. The number of furan rings is 1. The second-order valence-electron chi connectivity index (χ2n) is 30.3. The number of carbonyl (C=O) groups excluding carboxylic acids is 8. The number of rotatable bonds is 56. The second kappa shape index (κ2) is 50.5. The van der Waals surface area contributed by atoms with Crippen LogP contribution in [0.5, 0.6) is 5.75 Å². The number of likely N-dealkylation sites (N-methyl/N-ethyl adjacent to an activating group) is 2. The number of imide groups is 1. The largest absolute Gasteiger partial charge is 0.480 e. The highest BCUT2D eigenvalue weighted by molar-refractivity contribution is 6.12. The van der Waals surface area contributed by atoms with E-state index in [9.17, 15) is 68.7 Å². The zero-order valence-corrected chi connectivity index (χ0v) is 70.2. The van der Waals surface area contributed by atoms with E-state index >= 15 is 0 Å². The van der Waals surface area contributed by atoms with E-state index in [1.807, 2.05) is 19.9 Å². The van der Waals surface area contributed by atoms with Gasteiger partial charge in [0.1, 0.15) is 71.9 Å². The van der Waals surface area contributed by atoms with E-state index in [0.717, 1.165) is 15.4 Å². The fraction of sp³-hybridized carbons (Fsp3) is 0.671. The van der Waals surface area contributed by atoms with E-state index in [1.54, 1.807) is 87.8 Å². The lowest BCUT2D eigenvalue weighted by atomic mass is 9.89. The quantitative estimate of drug-likeness (QED) is 0.0232. The first kappa shape index (κ1) is 97.5. The van der Waals surface area contributed by atoms with Crippen LogP contribution in [0.15, 0.2) is 71.3 Å². The summed E-state index contributed by atoms with van der Waals surface area (Å²) in [6, 6.07) is 8.87. The fourth-order valence-electron chi connectivity index (χ4n) is 14.4. The molecule has 37 heteroatoms. The summed E-state index contributed by atoms with van der Waals surface area (Å²) in [7, 11) is 5.92. The summed E-state index contributed by atoms with van der Waals surface area (Å²) in [5.74, 6) is -5.70. The third-order valence-corrected chi connectivity index (χ3v) is 21.1. The van der Waals surface area contributed by atoms with Crippen LogP contribution in [0, 0.1) is 23.7 Å². The van der Waals surface area contributed by atoms with Crippen molar-refractivity contribution in [3.8, 4) is 5.75 Å². The van der Waals surface area contributed by atoms with Crippen molar-refractivity contribution in [2.75, 3.05) is 140 Å². The zero-order chi connectivity index (χ0) is 86.7. The smallest absolute Gasteiger partial charge is 0.410 e. The number of aliphatic carboxylic acids is 1. The molecule has 0 aliphatic carbocycles. The summed E-state index contributed by atoms with van der Waals surface area (Å²) in [4.78, 5) is 126. The van der Waals surface area contributed by atoms with Crippen LogP contribution in [0.25, 0.3) is 11.0 Å². The van der Waals surface area contributed by atoms with Gasteiger partial charge in [0, 0.05) is 78.4 Å². The summed E-state index contributed by atoms with van der Waals surface area (Å²) in [5, 5.41) is 69.0. The number of aliphatic hydroxyl groups excluding tert-OH is 4. The van der Waals surface area contributed by atoms with E-state index in [4.69, 9.17) is 61.3 Å². The number of benzene rings is 2. The maximum atomic E-state index is 15.0. The molecule has 7 rings (SSSR count). The van der Waals surface area contributed by atoms with Crippen molar-refractivity contribution >= 4 is 64.4 Å². The van der Waals surface area contributed by atoms with E-state index in [2.05, 4.69) is 26.3 Å². The second-order valence-corrected chi connectivity index (χ2v) is 30.3. The Morgan fingerprint density at radius 3 is 1.95 bits per heavy atom. The van der Waals surface area contributed by atoms with Crippen molar-refractivity contribution in [1.82, 2.24) is 50.5 Å². The minimum Gasteiger partial charge on any atom is -0.480 e. The molecule has 0 bridgehead atoms. The van der Waals surface area contributed by atoms with Crippen LogP contribution in [0.1, 0.15) is 110 Å². The Morgan fingerprint density at radius 2 is 1.34 bits per heavy atom. The molecule has 3 aliphatic heterocycles. The summed E-state index contributed by atoms with van der Waals surface area (Å²) >= 11 is 0. The molecule has 0 spiro atoms. The molecule has 5 heterocycles. The van der Waals surface area contributed by atoms with Crippen LogP contribution in [0.3, 0.4) is 0 Å². The maximum Gasteiger partial charge on any atom is 0.410 e. The fourth-order valence-corrected chi connectivity index (χ4v) is 14.4. The molecule has 14 atom stereocenters. The van der Waals surface area contributed by atoms with Crippen LogP contribution in [0.4, 0.5) is 4.79 Å². The molecule has 4 aromatic rings. The van der Waals surface area contributed by atoms with Gasteiger partial charge in [-0.1, -0.05) is 90.4 Å². The molecule has 3 aliphatic rings. The first-order valence-electron chi connectivity index (χ1n) is 40.8. The van der Waals surface area contributed by atoms with Gasteiger partial charge in [-0.2, -0.15) is 0 Å². The molecule has 119 heavy (non-hydrogen) atoms. The number of carboxylic acids is 1. The minimum absolute atomic E-state index is 0.0650. The van der Waals surface area contributed by atoms with E-state index < -0.39 is 134 Å². The number of methoxy groups -OCH3 is 2. The monoisotopic (exact) mass is 1680 g/mol. The maximum absolute atomic E-state index is 15.0. The van der Waals surface area contributed by atoms with Crippen molar-refractivity contribution in [2.45, 2.75) is 193 Å². The van der Waals surface area contributed by atoms with Gasteiger partial charge in [0.25, 0.3) is 11.8 Å². The molecule has 2 aromatic heterocycles. The summed E-state index contributed by atoms with van der Waals surface area (Å²) in [6.45, 7) is 17.2. The average molecular weight is 1680 g/mol. The molecule has 8 amide bonds. The molecule has 8 N–H and O–H groups in total. The van der Waals surface area contributed by atoms with Gasteiger partial charge < -0.3 is 113 Å². The molecule has 2 saturated heterocycles. The van der Waals surface area contributed by atoms with Gasteiger partial charge in [0.15, 0.2) is 0 Å². The Hall–Kier alpha value is -8.67. The SMILES string of the molecule is CCC(C)[C@@H]([C@@H](CC(=O)N1CCC[C@H]1[C@H](OC)[C@@H](C)C(=O)NC(Cc1ccccc1)C(=O)O)OC)N(C)C(=O)[C@@H](NC(=O)[C@H](C(C)C)N(C)C(=O)OCc1ccc(O[C@@H]2O[C@H](CO)[C@H](O)[C@H](O)[C@H]2O)c2cc(CCCC(=O)NCCOCCOCCOCCn3cc(COCCOCCOCCOCCN4C(=O)C=CC4=O)nn3)oc12)C(C)C. The minimum atomic E-state index is -1.75. The Kier molecular flexibility index (Phi) is 41.4. The number of fused-ring (bicyclic) bond motifs is 1. The van der Waals surface area contributed by atoms with Gasteiger partial charge in [-0.25, -0.2) is 14.3 Å². The topological polar surface area (TPSA) is 458 Å². The zero-order valence-electron chi connectivity index (χ0n) is 70.2. The van der Waals surface area contributed by atoms with E-state index in [-0.39, 0.29) is 106 Å². The number of likely N-dealkylation sites (tertiary alicyclic amines) is 1. The number of amides is 8. The molecule has 2 fully saturated rings. The summed E-state index contributed by atoms with van der Waals surface area (Å²) in [6.07, 6.45) is -4.03. The third kappa shape index (κ3) is 29.6. The molecular weight excluding hydrogens is 1560 g/mol. The number of nitrogens with zero attached hydrogens (tertiary/aromatic N) is 7. The Bertz CT molecular complexity index is 3830. The summed E-state index contributed by atoms with van der Waals surface area (Å²) < 4.78 is 76.7. The Morgan fingerprint density at radius 1 is 0.714 bits per heavy atom. The predicted molar refractivity (Wildman–Crippen MR) is 426 cm³/mol.